The fourth-order valence-corrected chi connectivity index (χ4v) is 3.49. The lowest BCUT2D eigenvalue weighted by Gasteiger charge is -2.18. The van der Waals surface area contributed by atoms with Gasteiger partial charge in [-0.25, -0.2) is 0 Å². The first-order valence-corrected chi connectivity index (χ1v) is 9.60. The summed E-state index contributed by atoms with van der Waals surface area (Å²) < 4.78 is 7.14. The van der Waals surface area contributed by atoms with Crippen LogP contribution in [0.2, 0.25) is 0 Å². The molecule has 5 heteroatoms. The third-order valence-electron chi connectivity index (χ3n) is 4.95. The van der Waals surface area contributed by atoms with Crippen LogP contribution in [0.4, 0.5) is 0 Å². The van der Waals surface area contributed by atoms with E-state index >= 15 is 0 Å². The van der Waals surface area contributed by atoms with E-state index in [9.17, 15) is 9.90 Å². The van der Waals surface area contributed by atoms with Crippen molar-refractivity contribution in [3.8, 4) is 5.75 Å². The van der Waals surface area contributed by atoms with E-state index in [1.807, 2.05) is 49.6 Å². The van der Waals surface area contributed by atoms with E-state index in [4.69, 9.17) is 4.74 Å². The van der Waals surface area contributed by atoms with Crippen molar-refractivity contribution in [1.82, 2.24) is 9.88 Å². The molecule has 28 heavy (non-hydrogen) atoms. The SMILES string of the molecule is COc1ccc(C(=O)c2c(C)c3ccccc3n2C[C@@H](O)CNC(C)C)cc1. The molecule has 0 aliphatic rings. The summed E-state index contributed by atoms with van der Waals surface area (Å²) in [5, 5.41) is 14.8. The van der Waals surface area contributed by atoms with E-state index in [0.717, 1.165) is 16.5 Å². The molecule has 3 aromatic rings. The zero-order valence-electron chi connectivity index (χ0n) is 16.9. The smallest absolute Gasteiger partial charge is 0.209 e. The number of hydrogen-bond donors (Lipinski definition) is 2. The number of ether oxygens (including phenoxy) is 1. The second-order valence-electron chi connectivity index (χ2n) is 7.38. The van der Waals surface area contributed by atoms with Gasteiger partial charge >= 0.3 is 0 Å². The monoisotopic (exact) mass is 380 g/mol. The lowest BCUT2D eigenvalue weighted by Crippen LogP contribution is -2.34. The Bertz CT molecular complexity index is 958. The summed E-state index contributed by atoms with van der Waals surface area (Å²) in [5.74, 6) is 0.657. The number of aliphatic hydroxyl groups excluding tert-OH is 1. The highest BCUT2D eigenvalue weighted by Gasteiger charge is 2.23. The van der Waals surface area contributed by atoms with Crippen molar-refractivity contribution in [2.24, 2.45) is 0 Å². The molecule has 148 valence electrons. The minimum Gasteiger partial charge on any atom is -0.497 e. The van der Waals surface area contributed by atoms with Crippen LogP contribution in [0.5, 0.6) is 5.75 Å². The Balaban J connectivity index is 2.02. The van der Waals surface area contributed by atoms with Crippen molar-refractivity contribution in [1.29, 1.82) is 0 Å². The molecule has 0 saturated heterocycles. The molecule has 5 nitrogen and oxygen atoms in total. The first-order chi connectivity index (χ1) is 13.4. The molecular formula is C23H28N2O3. The van der Waals surface area contributed by atoms with Gasteiger partial charge in [-0.3, -0.25) is 4.79 Å². The standard InChI is InChI=1S/C23H28N2O3/c1-15(2)24-13-18(26)14-25-21-8-6-5-7-20(21)16(3)22(25)23(27)17-9-11-19(28-4)12-10-17/h5-12,15,18,24,26H,13-14H2,1-4H3/t18-/m0/s1. The third-order valence-corrected chi connectivity index (χ3v) is 4.95. The Morgan fingerprint density at radius 1 is 1.14 bits per heavy atom. The highest BCUT2D eigenvalue weighted by Crippen LogP contribution is 2.28. The van der Waals surface area contributed by atoms with Gasteiger partial charge in [-0.15, -0.1) is 0 Å². The number of carbonyl (C=O) groups excluding carboxylic acids is 1. The van der Waals surface area contributed by atoms with Crippen LogP contribution in [-0.2, 0) is 6.54 Å². The summed E-state index contributed by atoms with van der Waals surface area (Å²) in [6.07, 6.45) is -0.597. The Kier molecular flexibility index (Phi) is 6.17. The van der Waals surface area contributed by atoms with Crippen molar-refractivity contribution < 1.29 is 14.6 Å². The van der Waals surface area contributed by atoms with E-state index in [1.54, 1.807) is 31.4 Å². The molecule has 2 N–H and O–H groups in total. The Morgan fingerprint density at radius 3 is 2.46 bits per heavy atom. The largest absolute Gasteiger partial charge is 0.497 e. The number of rotatable bonds is 8. The van der Waals surface area contributed by atoms with Gasteiger partial charge in [-0.1, -0.05) is 32.0 Å². The fraction of sp³-hybridized carbons (Fsp3) is 0.348. The minimum absolute atomic E-state index is 0.0552. The van der Waals surface area contributed by atoms with Crippen molar-refractivity contribution >= 4 is 16.7 Å². The number of fused-ring (bicyclic) bond motifs is 1. The molecule has 2 aromatic carbocycles. The second-order valence-corrected chi connectivity index (χ2v) is 7.38. The molecule has 0 unspecified atom stereocenters. The van der Waals surface area contributed by atoms with Crippen LogP contribution in [0.25, 0.3) is 10.9 Å². The molecule has 0 saturated carbocycles. The Hall–Kier alpha value is -2.63. The van der Waals surface area contributed by atoms with Gasteiger partial charge in [0.15, 0.2) is 0 Å². The molecule has 3 rings (SSSR count). The molecule has 0 aliphatic heterocycles. The number of nitrogens with one attached hydrogen (secondary N) is 1. The quantitative estimate of drug-likeness (QED) is 0.587. The van der Waals surface area contributed by atoms with Crippen LogP contribution in [-0.4, -0.2) is 41.3 Å². The molecule has 1 aromatic heterocycles. The number of aliphatic hydroxyl groups is 1. The number of para-hydroxylation sites is 1. The van der Waals surface area contributed by atoms with Crippen molar-refractivity contribution in [3.63, 3.8) is 0 Å². The molecule has 0 aliphatic carbocycles. The maximum absolute atomic E-state index is 13.3. The Morgan fingerprint density at radius 2 is 1.82 bits per heavy atom. The van der Waals surface area contributed by atoms with Crippen LogP contribution in [0.15, 0.2) is 48.5 Å². The van der Waals surface area contributed by atoms with Gasteiger partial charge in [-0.2, -0.15) is 0 Å². The van der Waals surface area contributed by atoms with Crippen molar-refractivity contribution in [3.05, 3.63) is 65.4 Å². The predicted octanol–water partition coefficient (Wildman–Crippen LogP) is 3.55. The Labute approximate surface area is 165 Å². The van der Waals surface area contributed by atoms with Gasteiger partial charge in [0.2, 0.25) is 5.78 Å². The summed E-state index contributed by atoms with van der Waals surface area (Å²) in [6.45, 7) is 6.88. The van der Waals surface area contributed by atoms with Crippen molar-refractivity contribution in [2.75, 3.05) is 13.7 Å². The molecule has 0 amide bonds. The number of carbonyl (C=O) groups is 1. The number of nitrogens with zero attached hydrogens (tertiary/aromatic N) is 1. The summed E-state index contributed by atoms with van der Waals surface area (Å²) in [7, 11) is 1.60. The number of methoxy groups -OCH3 is 1. The summed E-state index contributed by atoms with van der Waals surface area (Å²) in [6, 6.07) is 15.4. The predicted molar refractivity (Wildman–Crippen MR) is 112 cm³/mol. The molecule has 1 heterocycles. The minimum atomic E-state index is -0.597. The van der Waals surface area contributed by atoms with E-state index < -0.39 is 6.10 Å². The summed E-state index contributed by atoms with van der Waals surface area (Å²) >= 11 is 0. The first kappa shape index (κ1) is 20.1. The van der Waals surface area contributed by atoms with Gasteiger partial charge in [0, 0.05) is 29.1 Å². The number of aromatic nitrogens is 1. The van der Waals surface area contributed by atoms with Crippen LogP contribution in [0.3, 0.4) is 0 Å². The third kappa shape index (κ3) is 4.11. The van der Waals surface area contributed by atoms with Crippen molar-refractivity contribution in [2.45, 2.75) is 39.5 Å². The van der Waals surface area contributed by atoms with Crippen LogP contribution < -0.4 is 10.1 Å². The van der Waals surface area contributed by atoms with E-state index in [2.05, 4.69) is 5.32 Å². The van der Waals surface area contributed by atoms with Gasteiger partial charge in [0.05, 0.1) is 25.5 Å². The maximum Gasteiger partial charge on any atom is 0.209 e. The second kappa shape index (κ2) is 8.59. The van der Waals surface area contributed by atoms with E-state index in [0.29, 0.717) is 30.1 Å². The first-order valence-electron chi connectivity index (χ1n) is 9.60. The maximum atomic E-state index is 13.3. The van der Waals surface area contributed by atoms with Crippen LogP contribution in [0, 0.1) is 6.92 Å². The highest BCUT2D eigenvalue weighted by atomic mass is 16.5. The van der Waals surface area contributed by atoms with Crippen LogP contribution in [0.1, 0.15) is 35.5 Å². The van der Waals surface area contributed by atoms with Gasteiger partial charge < -0.3 is 19.7 Å². The average Bonchev–Trinajstić information content (AvgIpc) is 2.98. The van der Waals surface area contributed by atoms with Crippen LogP contribution >= 0.6 is 0 Å². The molecule has 1 atom stereocenters. The zero-order valence-corrected chi connectivity index (χ0v) is 16.9. The zero-order chi connectivity index (χ0) is 20.3. The number of aryl methyl sites for hydroxylation is 1. The summed E-state index contributed by atoms with van der Waals surface area (Å²) in [4.78, 5) is 13.3. The van der Waals surface area contributed by atoms with Gasteiger partial charge in [-0.05, 0) is 42.8 Å². The van der Waals surface area contributed by atoms with E-state index in [-0.39, 0.29) is 11.8 Å². The molecule has 0 bridgehead atoms. The van der Waals surface area contributed by atoms with Gasteiger partial charge in [0.1, 0.15) is 5.75 Å². The van der Waals surface area contributed by atoms with Gasteiger partial charge in [0.25, 0.3) is 0 Å². The normalized spacial score (nSPS) is 12.5. The molecular weight excluding hydrogens is 352 g/mol. The topological polar surface area (TPSA) is 63.5 Å². The summed E-state index contributed by atoms with van der Waals surface area (Å²) in [5.41, 5.74) is 3.11. The number of ketones is 1. The molecule has 0 fully saturated rings. The highest BCUT2D eigenvalue weighted by molar-refractivity contribution is 6.12. The average molecular weight is 380 g/mol. The molecule has 0 spiro atoms. The van der Waals surface area contributed by atoms with E-state index in [1.165, 1.54) is 0 Å². The lowest BCUT2D eigenvalue weighted by molar-refractivity contribution is 0.102. The lowest BCUT2D eigenvalue weighted by atomic mass is 10.0. The number of benzene rings is 2. The number of hydrogen-bond acceptors (Lipinski definition) is 4. The fourth-order valence-electron chi connectivity index (χ4n) is 3.49. The molecule has 0 radical (unpaired) electrons.